The molecule has 0 fully saturated rings. The molecule has 0 radical (unpaired) electrons. The summed E-state index contributed by atoms with van der Waals surface area (Å²) < 4.78 is 0. The van der Waals surface area contributed by atoms with Gasteiger partial charge in [0, 0.05) is 11.3 Å². The van der Waals surface area contributed by atoms with E-state index in [0.717, 1.165) is 48.3 Å². The highest BCUT2D eigenvalue weighted by Gasteiger charge is 2.15. The minimum absolute atomic E-state index is 0.00482. The van der Waals surface area contributed by atoms with Crippen LogP contribution >= 0.6 is 0 Å². The molecule has 0 spiro atoms. The highest BCUT2D eigenvalue weighted by Crippen LogP contribution is 2.18. The fourth-order valence-electron chi connectivity index (χ4n) is 2.58. The van der Waals surface area contributed by atoms with Crippen molar-refractivity contribution in [3.63, 3.8) is 0 Å². The number of hydrogen-bond acceptors (Lipinski definition) is 3. The summed E-state index contributed by atoms with van der Waals surface area (Å²) in [6, 6.07) is 5.75. The van der Waals surface area contributed by atoms with E-state index in [1.807, 2.05) is 25.1 Å². The molecule has 2 aromatic rings. The Kier molecular flexibility index (Phi) is 3.15. The second kappa shape index (κ2) is 4.96. The molecule has 4 heteroatoms. The van der Waals surface area contributed by atoms with Crippen LogP contribution in [0.15, 0.2) is 23.0 Å². The van der Waals surface area contributed by atoms with Crippen LogP contribution in [0.25, 0.3) is 11.5 Å². The molecule has 0 saturated heterocycles. The third-order valence-corrected chi connectivity index (χ3v) is 3.57. The summed E-state index contributed by atoms with van der Waals surface area (Å²) in [6.07, 6.45) is 5.12. The van der Waals surface area contributed by atoms with Gasteiger partial charge in [0.2, 0.25) is 0 Å². The first-order valence-electron chi connectivity index (χ1n) is 6.80. The van der Waals surface area contributed by atoms with Crippen molar-refractivity contribution in [1.82, 2.24) is 15.0 Å². The third-order valence-electron chi connectivity index (χ3n) is 3.57. The fraction of sp³-hybridized carbons (Fsp3) is 0.400. The summed E-state index contributed by atoms with van der Waals surface area (Å²) in [7, 11) is 0. The monoisotopic (exact) mass is 255 g/mol. The van der Waals surface area contributed by atoms with Gasteiger partial charge in [-0.1, -0.05) is 12.5 Å². The lowest BCUT2D eigenvalue weighted by Gasteiger charge is -2.07. The van der Waals surface area contributed by atoms with Gasteiger partial charge in [0.05, 0.1) is 5.69 Å². The Hall–Kier alpha value is -1.97. The third kappa shape index (κ3) is 2.43. The average molecular weight is 255 g/mol. The Morgan fingerprint density at radius 2 is 1.95 bits per heavy atom. The van der Waals surface area contributed by atoms with Gasteiger partial charge in [-0.2, -0.15) is 0 Å². The zero-order valence-corrected chi connectivity index (χ0v) is 11.1. The summed E-state index contributed by atoms with van der Waals surface area (Å²) in [5, 5.41) is 0. The summed E-state index contributed by atoms with van der Waals surface area (Å²) in [4.78, 5) is 24.1. The molecule has 0 aromatic carbocycles. The van der Waals surface area contributed by atoms with Crippen LogP contribution in [0.5, 0.6) is 0 Å². The molecule has 1 N–H and O–H groups in total. The number of H-pyrrole nitrogens is 1. The molecule has 0 amide bonds. The van der Waals surface area contributed by atoms with Gasteiger partial charge >= 0.3 is 0 Å². The summed E-state index contributed by atoms with van der Waals surface area (Å²) in [6.45, 7) is 1.94. The first-order chi connectivity index (χ1) is 9.24. The highest BCUT2D eigenvalue weighted by atomic mass is 16.1. The van der Waals surface area contributed by atoms with Crippen molar-refractivity contribution in [2.24, 2.45) is 0 Å². The predicted octanol–water partition coefficient (Wildman–Crippen LogP) is 2.41. The number of aryl methyl sites for hydroxylation is 2. The Morgan fingerprint density at radius 3 is 2.79 bits per heavy atom. The van der Waals surface area contributed by atoms with Crippen LogP contribution in [-0.2, 0) is 12.8 Å². The van der Waals surface area contributed by atoms with Crippen molar-refractivity contribution in [2.75, 3.05) is 0 Å². The van der Waals surface area contributed by atoms with Crippen molar-refractivity contribution in [1.29, 1.82) is 0 Å². The molecule has 1 aliphatic carbocycles. The van der Waals surface area contributed by atoms with Gasteiger partial charge in [-0.05, 0) is 44.7 Å². The van der Waals surface area contributed by atoms with E-state index in [0.29, 0.717) is 5.82 Å². The van der Waals surface area contributed by atoms with E-state index in [4.69, 9.17) is 0 Å². The van der Waals surface area contributed by atoms with Gasteiger partial charge in [-0.15, -0.1) is 0 Å². The lowest BCUT2D eigenvalue weighted by Crippen LogP contribution is -2.18. The molecule has 0 bridgehead atoms. The average Bonchev–Trinajstić information content (AvgIpc) is 2.64. The van der Waals surface area contributed by atoms with E-state index in [1.54, 1.807) is 0 Å². The van der Waals surface area contributed by atoms with Crippen LogP contribution in [0.3, 0.4) is 0 Å². The number of nitrogens with zero attached hydrogens (tertiary/aromatic N) is 2. The maximum Gasteiger partial charge on any atom is 0.254 e. The molecule has 0 atom stereocenters. The quantitative estimate of drug-likeness (QED) is 0.796. The Morgan fingerprint density at radius 1 is 1.11 bits per heavy atom. The standard InChI is InChI=1S/C15H17N3O/c1-10-6-5-9-13(16-10)14-17-12-8-4-2-3-7-11(12)15(19)18-14/h5-6,9H,2-4,7-8H2,1H3,(H,17,18,19). The van der Waals surface area contributed by atoms with E-state index in [9.17, 15) is 4.79 Å². The van der Waals surface area contributed by atoms with Gasteiger partial charge in [-0.3, -0.25) is 4.79 Å². The van der Waals surface area contributed by atoms with Crippen molar-refractivity contribution in [3.05, 3.63) is 45.5 Å². The number of nitrogens with one attached hydrogen (secondary N) is 1. The smallest absolute Gasteiger partial charge is 0.254 e. The summed E-state index contributed by atoms with van der Waals surface area (Å²) in [5.41, 5.74) is 3.50. The second-order valence-corrected chi connectivity index (χ2v) is 5.06. The van der Waals surface area contributed by atoms with Crippen LogP contribution in [0.2, 0.25) is 0 Å². The van der Waals surface area contributed by atoms with Gasteiger partial charge in [0.1, 0.15) is 5.69 Å². The first kappa shape index (κ1) is 12.1. The number of pyridine rings is 1. The maximum atomic E-state index is 12.2. The molecule has 1 aliphatic rings. The Balaban J connectivity index is 2.11. The molecule has 2 aromatic heterocycles. The molecule has 2 heterocycles. The van der Waals surface area contributed by atoms with Crippen LogP contribution in [0.1, 0.15) is 36.2 Å². The van der Waals surface area contributed by atoms with Gasteiger partial charge in [-0.25, -0.2) is 9.97 Å². The van der Waals surface area contributed by atoms with Crippen molar-refractivity contribution < 1.29 is 0 Å². The summed E-state index contributed by atoms with van der Waals surface area (Å²) >= 11 is 0. The normalized spacial score (nSPS) is 14.8. The number of rotatable bonds is 1. The molecule has 0 saturated carbocycles. The zero-order chi connectivity index (χ0) is 13.2. The summed E-state index contributed by atoms with van der Waals surface area (Å²) in [5.74, 6) is 0.592. The van der Waals surface area contributed by atoms with Crippen LogP contribution in [0, 0.1) is 6.92 Å². The number of fused-ring (bicyclic) bond motifs is 1. The fourth-order valence-corrected chi connectivity index (χ4v) is 2.58. The van der Waals surface area contributed by atoms with Crippen molar-refractivity contribution >= 4 is 0 Å². The van der Waals surface area contributed by atoms with E-state index in [2.05, 4.69) is 15.0 Å². The molecule has 0 unspecified atom stereocenters. The SMILES string of the molecule is Cc1cccc(-c2nc3c(c(=O)[nH]2)CCCCC3)n1. The van der Waals surface area contributed by atoms with Crippen LogP contribution in [0.4, 0.5) is 0 Å². The Bertz CT molecular complexity index is 661. The van der Waals surface area contributed by atoms with Crippen molar-refractivity contribution in [3.8, 4) is 11.5 Å². The van der Waals surface area contributed by atoms with Gasteiger partial charge in [0.25, 0.3) is 5.56 Å². The maximum absolute atomic E-state index is 12.2. The largest absolute Gasteiger partial charge is 0.305 e. The molecule has 98 valence electrons. The minimum atomic E-state index is 0.00482. The number of hydrogen-bond donors (Lipinski definition) is 1. The van der Waals surface area contributed by atoms with E-state index >= 15 is 0 Å². The number of aromatic amines is 1. The molecule has 19 heavy (non-hydrogen) atoms. The Labute approximate surface area is 111 Å². The molecule has 4 nitrogen and oxygen atoms in total. The molecule has 3 rings (SSSR count). The van der Waals surface area contributed by atoms with E-state index in [1.165, 1.54) is 6.42 Å². The molecular weight excluding hydrogens is 238 g/mol. The van der Waals surface area contributed by atoms with Crippen molar-refractivity contribution in [2.45, 2.75) is 39.0 Å². The number of aromatic nitrogens is 3. The lowest BCUT2D eigenvalue weighted by atomic mass is 10.1. The van der Waals surface area contributed by atoms with Crippen LogP contribution < -0.4 is 5.56 Å². The van der Waals surface area contributed by atoms with E-state index in [-0.39, 0.29) is 5.56 Å². The minimum Gasteiger partial charge on any atom is -0.305 e. The first-order valence-corrected chi connectivity index (χ1v) is 6.80. The van der Waals surface area contributed by atoms with Gasteiger partial charge in [0.15, 0.2) is 5.82 Å². The second-order valence-electron chi connectivity index (χ2n) is 5.06. The molecule has 0 aliphatic heterocycles. The van der Waals surface area contributed by atoms with E-state index < -0.39 is 0 Å². The lowest BCUT2D eigenvalue weighted by molar-refractivity contribution is 0.708. The highest BCUT2D eigenvalue weighted by molar-refractivity contribution is 5.49. The topological polar surface area (TPSA) is 58.6 Å². The van der Waals surface area contributed by atoms with Gasteiger partial charge < -0.3 is 4.98 Å². The molecular formula is C15H17N3O. The zero-order valence-electron chi connectivity index (χ0n) is 11.1. The van der Waals surface area contributed by atoms with Crippen LogP contribution in [-0.4, -0.2) is 15.0 Å². The predicted molar refractivity (Wildman–Crippen MR) is 74.1 cm³/mol.